The third kappa shape index (κ3) is 3.74. The molecule has 4 aromatic rings. The fraction of sp³-hybridized carbons (Fsp3) is 0.211. The number of benzene rings is 1. The van der Waals surface area contributed by atoms with E-state index in [0.717, 1.165) is 12.8 Å². The number of anilines is 1. The van der Waals surface area contributed by atoms with Crippen molar-refractivity contribution in [3.05, 3.63) is 68.6 Å². The van der Waals surface area contributed by atoms with Crippen molar-refractivity contribution < 1.29 is 13.9 Å². The van der Waals surface area contributed by atoms with Crippen molar-refractivity contribution in [3.63, 3.8) is 0 Å². The van der Waals surface area contributed by atoms with Crippen LogP contribution in [0.3, 0.4) is 0 Å². The molecule has 3 heterocycles. The molecule has 1 aliphatic carbocycles. The number of nitrogens with zero attached hydrogens (tertiary/aromatic N) is 5. The Bertz CT molecular complexity index is 1450. The minimum atomic E-state index is -0.679. The number of aromatic nitrogens is 6. The van der Waals surface area contributed by atoms with Gasteiger partial charge in [-0.05, 0) is 31.1 Å². The number of hydrogen-bond donors (Lipinski definition) is 4. The SMILES string of the molecule is O=c1[nH]c(O)c(/C=c2\cnn3c(=NC4CC4)nc(NCc4c(F)cccc4F)nc23)[nH]1. The van der Waals surface area contributed by atoms with Gasteiger partial charge in [-0.3, -0.25) is 4.98 Å². The summed E-state index contributed by atoms with van der Waals surface area (Å²) in [5.74, 6) is -1.57. The molecule has 0 amide bonds. The summed E-state index contributed by atoms with van der Waals surface area (Å²) < 4.78 is 29.3. The predicted octanol–water partition coefficient (Wildman–Crippen LogP) is 0.347. The Kier molecular flexibility index (Phi) is 4.46. The van der Waals surface area contributed by atoms with E-state index in [0.29, 0.717) is 10.9 Å². The van der Waals surface area contributed by atoms with Gasteiger partial charge in [-0.2, -0.15) is 19.6 Å². The summed E-state index contributed by atoms with van der Waals surface area (Å²) in [6, 6.07) is 3.77. The zero-order valence-electron chi connectivity index (χ0n) is 15.9. The van der Waals surface area contributed by atoms with Crippen LogP contribution >= 0.6 is 0 Å². The third-order valence-corrected chi connectivity index (χ3v) is 4.74. The fourth-order valence-corrected chi connectivity index (χ4v) is 3.03. The molecule has 158 valence electrons. The lowest BCUT2D eigenvalue weighted by molar-refractivity contribution is 0.454. The highest BCUT2D eigenvalue weighted by molar-refractivity contribution is 5.57. The number of imidazole rings is 1. The second-order valence-corrected chi connectivity index (χ2v) is 7.08. The van der Waals surface area contributed by atoms with Crippen molar-refractivity contribution in [2.75, 3.05) is 5.32 Å². The Morgan fingerprint density at radius 3 is 2.71 bits per heavy atom. The molecule has 12 heteroatoms. The van der Waals surface area contributed by atoms with Gasteiger partial charge in [0.1, 0.15) is 17.3 Å². The number of aromatic hydroxyl groups is 1. The molecule has 0 aliphatic heterocycles. The van der Waals surface area contributed by atoms with Crippen molar-refractivity contribution >= 4 is 17.7 Å². The maximum Gasteiger partial charge on any atom is 0.326 e. The second kappa shape index (κ2) is 7.31. The van der Waals surface area contributed by atoms with Crippen molar-refractivity contribution in [2.45, 2.75) is 25.4 Å². The molecule has 31 heavy (non-hydrogen) atoms. The van der Waals surface area contributed by atoms with E-state index in [1.54, 1.807) is 0 Å². The van der Waals surface area contributed by atoms with Crippen LogP contribution in [0.25, 0.3) is 11.7 Å². The molecule has 4 N–H and O–H groups in total. The monoisotopic (exact) mass is 426 g/mol. The Balaban J connectivity index is 1.60. The second-order valence-electron chi connectivity index (χ2n) is 7.08. The maximum atomic E-state index is 13.9. The molecule has 10 nitrogen and oxygen atoms in total. The van der Waals surface area contributed by atoms with Crippen LogP contribution in [0.4, 0.5) is 14.7 Å². The van der Waals surface area contributed by atoms with Gasteiger partial charge in [0.25, 0.3) is 5.62 Å². The summed E-state index contributed by atoms with van der Waals surface area (Å²) in [4.78, 5) is 29.3. The zero-order chi connectivity index (χ0) is 21.5. The molecule has 1 saturated carbocycles. The fourth-order valence-electron chi connectivity index (χ4n) is 3.03. The molecule has 0 unspecified atom stereocenters. The lowest BCUT2D eigenvalue weighted by Gasteiger charge is -2.07. The smallest absolute Gasteiger partial charge is 0.326 e. The predicted molar refractivity (Wildman–Crippen MR) is 105 cm³/mol. The van der Waals surface area contributed by atoms with E-state index in [9.17, 15) is 18.7 Å². The summed E-state index contributed by atoms with van der Waals surface area (Å²) >= 11 is 0. The highest BCUT2D eigenvalue weighted by atomic mass is 19.1. The Labute approximate surface area is 172 Å². The zero-order valence-corrected chi connectivity index (χ0v) is 15.9. The van der Waals surface area contributed by atoms with E-state index in [-0.39, 0.29) is 41.3 Å². The first kappa shape index (κ1) is 18.9. The van der Waals surface area contributed by atoms with Crippen molar-refractivity contribution in [1.29, 1.82) is 0 Å². The van der Waals surface area contributed by atoms with Gasteiger partial charge in [-0.15, -0.1) is 0 Å². The van der Waals surface area contributed by atoms with Gasteiger partial charge in [0, 0.05) is 17.3 Å². The Morgan fingerprint density at radius 1 is 1.26 bits per heavy atom. The van der Waals surface area contributed by atoms with E-state index >= 15 is 0 Å². The van der Waals surface area contributed by atoms with Crippen molar-refractivity contribution in [1.82, 2.24) is 29.5 Å². The summed E-state index contributed by atoms with van der Waals surface area (Å²) in [5.41, 5.74) is 0.0836. The van der Waals surface area contributed by atoms with Crippen molar-refractivity contribution in [2.24, 2.45) is 4.99 Å². The Morgan fingerprint density at radius 2 is 2.03 bits per heavy atom. The van der Waals surface area contributed by atoms with E-state index in [2.05, 4.69) is 35.3 Å². The standard InChI is InChI=1S/C19H16F2N8O2/c20-12-2-1-3-13(21)11(12)8-22-17-26-15-9(6-14-16(30)27-19(31)25-14)7-23-29(15)18(28-17)24-10-4-5-10/h1-3,6-7,10,30H,4-5,8H2,(H,22,24,28)(H2,25,27,31)/b9-6+. The molecule has 1 aliphatic rings. The summed E-state index contributed by atoms with van der Waals surface area (Å²) in [7, 11) is 0. The van der Waals surface area contributed by atoms with Gasteiger partial charge in [-0.25, -0.2) is 18.6 Å². The lowest BCUT2D eigenvalue weighted by atomic mass is 10.2. The third-order valence-electron chi connectivity index (χ3n) is 4.74. The number of hydrogen-bond acceptors (Lipinski definition) is 7. The summed E-state index contributed by atoms with van der Waals surface area (Å²) in [6.45, 7) is -0.170. The van der Waals surface area contributed by atoms with E-state index in [4.69, 9.17) is 0 Å². The number of rotatable bonds is 5. The number of fused-ring (bicyclic) bond motifs is 1. The van der Waals surface area contributed by atoms with Gasteiger partial charge in [0.15, 0.2) is 5.65 Å². The molecule has 5 rings (SSSR count). The van der Waals surface area contributed by atoms with Gasteiger partial charge >= 0.3 is 5.69 Å². The number of nitrogens with one attached hydrogen (secondary N) is 3. The number of H-pyrrole nitrogens is 2. The normalized spacial score (nSPS) is 15.2. The van der Waals surface area contributed by atoms with Crippen LogP contribution in [0, 0.1) is 11.6 Å². The van der Waals surface area contributed by atoms with Crippen LogP contribution in [-0.4, -0.2) is 40.7 Å². The van der Waals surface area contributed by atoms with Crippen LogP contribution in [0.2, 0.25) is 0 Å². The first-order valence-corrected chi connectivity index (χ1v) is 9.47. The summed E-state index contributed by atoms with van der Waals surface area (Å²) in [6.07, 6.45) is 4.85. The van der Waals surface area contributed by atoms with Gasteiger partial charge in [-0.1, -0.05) is 6.07 Å². The first-order valence-electron chi connectivity index (χ1n) is 9.47. The highest BCUT2D eigenvalue weighted by Gasteiger charge is 2.21. The van der Waals surface area contributed by atoms with E-state index < -0.39 is 17.3 Å². The van der Waals surface area contributed by atoms with Crippen molar-refractivity contribution in [3.8, 4) is 5.88 Å². The summed E-state index contributed by atoms with van der Waals surface area (Å²) in [5, 5.41) is 17.4. The number of halogens is 2. The van der Waals surface area contributed by atoms with Gasteiger partial charge in [0.05, 0.1) is 12.2 Å². The van der Waals surface area contributed by atoms with Gasteiger partial charge in [0.2, 0.25) is 11.8 Å². The maximum absolute atomic E-state index is 13.9. The van der Waals surface area contributed by atoms with E-state index in [1.165, 1.54) is 35.0 Å². The minimum Gasteiger partial charge on any atom is -0.493 e. The molecular weight excluding hydrogens is 410 g/mol. The van der Waals surface area contributed by atoms with Crippen LogP contribution in [0.1, 0.15) is 24.1 Å². The largest absolute Gasteiger partial charge is 0.493 e. The van der Waals surface area contributed by atoms with Crippen LogP contribution in [-0.2, 0) is 6.54 Å². The minimum absolute atomic E-state index is 0.108. The molecule has 0 atom stereocenters. The average molecular weight is 426 g/mol. The molecule has 0 saturated heterocycles. The molecule has 0 spiro atoms. The topological polar surface area (TPSA) is 136 Å². The van der Waals surface area contributed by atoms with Gasteiger partial charge < -0.3 is 15.4 Å². The van der Waals surface area contributed by atoms with E-state index in [1.807, 2.05) is 0 Å². The molecule has 1 aromatic carbocycles. The Hall–Kier alpha value is -4.09. The quantitative estimate of drug-likeness (QED) is 0.364. The lowest BCUT2D eigenvalue weighted by Crippen LogP contribution is -2.25. The van der Waals surface area contributed by atoms with Crippen LogP contribution in [0.5, 0.6) is 5.88 Å². The molecule has 0 radical (unpaired) electrons. The van der Waals surface area contributed by atoms with Crippen LogP contribution in [0.15, 0.2) is 34.2 Å². The molecule has 1 fully saturated rings. The molecular formula is C19H16F2N8O2. The number of aromatic amines is 2. The molecule has 3 aromatic heterocycles. The molecule has 0 bridgehead atoms. The first-order chi connectivity index (χ1) is 15.0. The highest BCUT2D eigenvalue weighted by Crippen LogP contribution is 2.22. The average Bonchev–Trinajstić information content (AvgIpc) is 3.36. The van der Waals surface area contributed by atoms with Crippen LogP contribution < -0.4 is 21.8 Å².